The molecule has 26 heavy (non-hydrogen) atoms. The van der Waals surface area contributed by atoms with Crippen LogP contribution < -0.4 is 16.0 Å². The average molecular weight is 409 g/mol. The molecule has 0 aromatic carbocycles. The number of nitrogens with zero attached hydrogens (tertiary/aromatic N) is 3. The van der Waals surface area contributed by atoms with Crippen molar-refractivity contribution in [3.8, 4) is 0 Å². The third-order valence-corrected chi connectivity index (χ3v) is 5.79. The van der Waals surface area contributed by atoms with Gasteiger partial charge in [-0.05, 0) is 13.3 Å². The van der Waals surface area contributed by atoms with Crippen LogP contribution in [0.5, 0.6) is 0 Å². The molecule has 3 N–H and O–H groups in total. The first-order valence-electron chi connectivity index (χ1n) is 7.75. The highest BCUT2D eigenvalue weighted by atomic mass is 32.1. The first-order valence-corrected chi connectivity index (χ1v) is 10.3. The van der Waals surface area contributed by atoms with Gasteiger partial charge in [0.15, 0.2) is 15.4 Å². The third kappa shape index (κ3) is 4.62. The van der Waals surface area contributed by atoms with E-state index in [9.17, 15) is 9.59 Å². The molecule has 3 rings (SSSR count). The molecule has 0 unspecified atom stereocenters. The second-order valence-corrected chi connectivity index (χ2v) is 8.11. The fourth-order valence-electron chi connectivity index (χ4n) is 1.86. The van der Waals surface area contributed by atoms with Gasteiger partial charge in [-0.3, -0.25) is 20.2 Å². The van der Waals surface area contributed by atoms with E-state index in [1.54, 1.807) is 0 Å². The molecule has 0 atom stereocenters. The van der Waals surface area contributed by atoms with Crippen molar-refractivity contribution in [2.45, 2.75) is 20.3 Å². The monoisotopic (exact) mass is 408 g/mol. The number of hydrogen-bond donors (Lipinski definition) is 3. The summed E-state index contributed by atoms with van der Waals surface area (Å²) in [4.78, 5) is 37.7. The fourth-order valence-corrected chi connectivity index (χ4v) is 3.99. The van der Waals surface area contributed by atoms with Gasteiger partial charge in [-0.1, -0.05) is 29.6 Å². The highest BCUT2D eigenvalue weighted by Gasteiger charge is 2.16. The molecule has 0 aliphatic rings. The van der Waals surface area contributed by atoms with Crippen LogP contribution in [0.25, 0.3) is 0 Å². The molecule has 11 heteroatoms. The van der Waals surface area contributed by atoms with E-state index >= 15 is 0 Å². The summed E-state index contributed by atoms with van der Waals surface area (Å²) in [5.41, 5.74) is 0.847. The number of anilines is 3. The number of nitrogens with one attached hydrogen (secondary N) is 3. The minimum atomic E-state index is -0.304. The van der Waals surface area contributed by atoms with Crippen LogP contribution in [0.3, 0.4) is 0 Å². The van der Waals surface area contributed by atoms with E-state index in [4.69, 9.17) is 0 Å². The maximum atomic E-state index is 12.3. The van der Waals surface area contributed by atoms with Crippen molar-refractivity contribution < 1.29 is 9.59 Å². The maximum Gasteiger partial charge on any atom is 0.269 e. The average Bonchev–Trinajstić information content (AvgIpc) is 3.34. The standard InChI is InChI=1S/C15H16N6O2S3/c1-3-4-16-13-17-5-9(25-13)11(22)20-14-18-6-10(26-14)12(23)21-15-19-8(2)7-24-15/h5-7H,3-4H2,1-2H3,(H,16,17)(H,18,20,22)(H,19,21,23). The quantitative estimate of drug-likeness (QED) is 0.550. The van der Waals surface area contributed by atoms with Crippen molar-refractivity contribution in [2.75, 3.05) is 22.5 Å². The fraction of sp³-hybridized carbons (Fsp3) is 0.267. The zero-order valence-electron chi connectivity index (χ0n) is 14.0. The normalized spacial score (nSPS) is 10.5. The van der Waals surface area contributed by atoms with Crippen LogP contribution in [-0.2, 0) is 0 Å². The molecule has 0 saturated carbocycles. The van der Waals surface area contributed by atoms with Crippen molar-refractivity contribution in [1.82, 2.24) is 15.0 Å². The Bertz CT molecular complexity index is 916. The molecule has 0 bridgehead atoms. The molecule has 8 nitrogen and oxygen atoms in total. The molecule has 0 saturated heterocycles. The number of amides is 2. The van der Waals surface area contributed by atoms with Crippen molar-refractivity contribution in [3.05, 3.63) is 33.2 Å². The summed E-state index contributed by atoms with van der Waals surface area (Å²) in [6.07, 6.45) is 3.92. The van der Waals surface area contributed by atoms with E-state index < -0.39 is 0 Å². The number of aromatic nitrogens is 3. The molecule has 3 aromatic rings. The van der Waals surface area contributed by atoms with Gasteiger partial charge in [-0.2, -0.15) is 0 Å². The Morgan fingerprint density at radius 1 is 1.00 bits per heavy atom. The number of aryl methyl sites for hydroxylation is 1. The number of rotatable bonds is 7. The summed E-state index contributed by atoms with van der Waals surface area (Å²) in [6.45, 7) is 4.72. The predicted octanol–water partition coefficient (Wildman–Crippen LogP) is 3.69. The van der Waals surface area contributed by atoms with E-state index in [0.29, 0.717) is 25.1 Å². The molecule has 3 aromatic heterocycles. The van der Waals surface area contributed by atoms with Crippen LogP contribution in [0.4, 0.5) is 15.4 Å². The van der Waals surface area contributed by atoms with Crippen LogP contribution in [0.1, 0.15) is 38.4 Å². The van der Waals surface area contributed by atoms with Crippen LogP contribution in [0.15, 0.2) is 17.8 Å². The number of thiazole rings is 3. The van der Waals surface area contributed by atoms with Gasteiger partial charge in [-0.15, -0.1) is 11.3 Å². The molecule has 3 heterocycles. The lowest BCUT2D eigenvalue weighted by Gasteiger charge is -1.99. The summed E-state index contributed by atoms with van der Waals surface area (Å²) in [5, 5.41) is 12.0. The predicted molar refractivity (Wildman–Crippen MR) is 106 cm³/mol. The van der Waals surface area contributed by atoms with Gasteiger partial charge in [0.05, 0.1) is 18.1 Å². The van der Waals surface area contributed by atoms with E-state index in [2.05, 4.69) is 37.8 Å². The Morgan fingerprint density at radius 3 is 2.23 bits per heavy atom. The minimum Gasteiger partial charge on any atom is -0.362 e. The van der Waals surface area contributed by atoms with Crippen molar-refractivity contribution in [2.24, 2.45) is 0 Å². The molecular weight excluding hydrogens is 392 g/mol. The lowest BCUT2D eigenvalue weighted by Crippen LogP contribution is -2.10. The summed E-state index contributed by atoms with van der Waals surface area (Å²) >= 11 is 3.73. The van der Waals surface area contributed by atoms with E-state index in [0.717, 1.165) is 30.0 Å². The second kappa shape index (κ2) is 8.34. The largest absolute Gasteiger partial charge is 0.362 e. The molecule has 0 aliphatic heterocycles. The smallest absolute Gasteiger partial charge is 0.269 e. The van der Waals surface area contributed by atoms with Gasteiger partial charge in [0, 0.05) is 11.9 Å². The molecule has 0 radical (unpaired) electrons. The van der Waals surface area contributed by atoms with Gasteiger partial charge in [-0.25, -0.2) is 15.0 Å². The molecule has 2 amide bonds. The van der Waals surface area contributed by atoms with E-state index in [1.807, 2.05) is 12.3 Å². The second-order valence-electron chi connectivity index (χ2n) is 5.19. The first kappa shape index (κ1) is 18.4. The van der Waals surface area contributed by atoms with Crippen molar-refractivity contribution >= 4 is 61.2 Å². The number of carbonyl (C=O) groups is 2. The summed E-state index contributed by atoms with van der Waals surface area (Å²) < 4.78 is 0. The lowest BCUT2D eigenvalue weighted by atomic mass is 10.5. The Labute approximate surface area is 161 Å². The minimum absolute atomic E-state index is 0.302. The Morgan fingerprint density at radius 2 is 1.62 bits per heavy atom. The molecule has 0 spiro atoms. The topological polar surface area (TPSA) is 109 Å². The Hall–Kier alpha value is -2.37. The van der Waals surface area contributed by atoms with Crippen LogP contribution >= 0.6 is 34.0 Å². The maximum absolute atomic E-state index is 12.3. The van der Waals surface area contributed by atoms with Crippen molar-refractivity contribution in [3.63, 3.8) is 0 Å². The summed E-state index contributed by atoms with van der Waals surface area (Å²) in [6, 6.07) is 0. The molecule has 0 fully saturated rings. The van der Waals surface area contributed by atoms with E-state index in [-0.39, 0.29) is 11.8 Å². The van der Waals surface area contributed by atoms with E-state index in [1.165, 1.54) is 35.1 Å². The van der Waals surface area contributed by atoms with Crippen LogP contribution in [0, 0.1) is 6.92 Å². The third-order valence-electron chi connectivity index (χ3n) is 3.05. The summed E-state index contributed by atoms with van der Waals surface area (Å²) in [5.74, 6) is -0.606. The van der Waals surface area contributed by atoms with Gasteiger partial charge < -0.3 is 5.32 Å². The first-order chi connectivity index (χ1) is 12.5. The van der Waals surface area contributed by atoms with Crippen LogP contribution in [0.2, 0.25) is 0 Å². The van der Waals surface area contributed by atoms with Gasteiger partial charge in [0.1, 0.15) is 9.75 Å². The lowest BCUT2D eigenvalue weighted by molar-refractivity contribution is 0.102. The number of hydrogen-bond acceptors (Lipinski definition) is 9. The molecule has 0 aliphatic carbocycles. The zero-order valence-corrected chi connectivity index (χ0v) is 16.5. The Kier molecular flexibility index (Phi) is 5.91. The van der Waals surface area contributed by atoms with Crippen molar-refractivity contribution in [1.29, 1.82) is 0 Å². The zero-order chi connectivity index (χ0) is 18.5. The highest BCUT2D eigenvalue weighted by molar-refractivity contribution is 7.19. The number of carbonyl (C=O) groups excluding carboxylic acids is 2. The van der Waals surface area contributed by atoms with Gasteiger partial charge in [0.25, 0.3) is 11.8 Å². The SMILES string of the molecule is CCCNc1ncc(C(=O)Nc2ncc(C(=O)Nc3nc(C)cs3)s2)s1. The summed E-state index contributed by atoms with van der Waals surface area (Å²) in [7, 11) is 0. The van der Waals surface area contributed by atoms with Gasteiger partial charge >= 0.3 is 0 Å². The highest BCUT2D eigenvalue weighted by Crippen LogP contribution is 2.23. The molecule has 136 valence electrons. The van der Waals surface area contributed by atoms with Crippen LogP contribution in [-0.4, -0.2) is 33.3 Å². The Balaban J connectivity index is 1.59. The van der Waals surface area contributed by atoms with Gasteiger partial charge in [0.2, 0.25) is 0 Å². The molecular formula is C15H16N6O2S3.